The fraction of sp³-hybridized carbons (Fsp3) is 0.385. The molecule has 18 heavy (non-hydrogen) atoms. The lowest BCUT2D eigenvalue weighted by molar-refractivity contribution is 0.351. The largest absolute Gasteiger partial charge is 0.338 e. The molecule has 2 N–H and O–H groups in total. The van der Waals surface area contributed by atoms with Gasteiger partial charge < -0.3 is 10.3 Å². The molecule has 1 aromatic carbocycles. The summed E-state index contributed by atoms with van der Waals surface area (Å²) < 4.78 is 5.20. The summed E-state index contributed by atoms with van der Waals surface area (Å²) in [6, 6.07) is 9.84. The molecule has 0 aliphatic carbocycles. The van der Waals surface area contributed by atoms with E-state index in [-0.39, 0.29) is 6.04 Å². The first kappa shape index (κ1) is 13.1. The molecule has 0 unspecified atom stereocenters. The van der Waals surface area contributed by atoms with E-state index in [1.165, 1.54) is 5.56 Å². The molecule has 2 aromatic rings. The van der Waals surface area contributed by atoms with E-state index in [4.69, 9.17) is 10.3 Å². The minimum absolute atomic E-state index is 0.236. The highest BCUT2D eigenvalue weighted by atomic mass is 32.2. The molecule has 0 saturated heterocycles. The smallest absolute Gasteiger partial charge is 0.243 e. The zero-order valence-corrected chi connectivity index (χ0v) is 11.2. The molecule has 2 rings (SSSR count). The molecule has 0 amide bonds. The van der Waals surface area contributed by atoms with Crippen molar-refractivity contribution in [3.8, 4) is 0 Å². The number of nitrogens with two attached hydrogens (primary N) is 1. The van der Waals surface area contributed by atoms with Gasteiger partial charge in [-0.3, -0.25) is 0 Å². The zero-order valence-electron chi connectivity index (χ0n) is 10.4. The monoisotopic (exact) mass is 263 g/mol. The van der Waals surface area contributed by atoms with Crippen molar-refractivity contribution in [2.45, 2.75) is 25.1 Å². The van der Waals surface area contributed by atoms with E-state index in [1.807, 2.05) is 30.3 Å². The molecule has 0 saturated carbocycles. The average molecular weight is 263 g/mol. The lowest BCUT2D eigenvalue weighted by Gasteiger charge is -2.05. The number of thioether (sulfide) groups is 1. The predicted molar refractivity (Wildman–Crippen MR) is 73.2 cm³/mol. The third-order valence-corrected chi connectivity index (χ3v) is 3.41. The van der Waals surface area contributed by atoms with Crippen LogP contribution in [0.5, 0.6) is 0 Å². The Kier molecular flexibility index (Phi) is 4.78. The molecule has 0 fully saturated rings. The first-order valence-electron chi connectivity index (χ1n) is 5.99. The molecule has 1 aromatic heterocycles. The fourth-order valence-corrected chi connectivity index (χ4v) is 2.13. The molecule has 0 spiro atoms. The summed E-state index contributed by atoms with van der Waals surface area (Å²) in [5, 5.41) is 3.93. The summed E-state index contributed by atoms with van der Waals surface area (Å²) in [6.07, 6.45) is 0.712. The highest BCUT2D eigenvalue weighted by molar-refractivity contribution is 7.98. The van der Waals surface area contributed by atoms with Crippen molar-refractivity contribution in [3.05, 3.63) is 47.6 Å². The molecule has 4 nitrogen and oxygen atoms in total. The standard InChI is InChI=1S/C13H17N3OS/c1-2-18-9-12-15-13(17-16-12)11(14)8-10-6-4-3-5-7-10/h3-7,11H,2,8-9,14H2,1H3/t11-/m1/s1. The van der Waals surface area contributed by atoms with Crippen LogP contribution in [0.25, 0.3) is 0 Å². The summed E-state index contributed by atoms with van der Waals surface area (Å²) in [4.78, 5) is 4.32. The Balaban J connectivity index is 1.96. The molecule has 0 radical (unpaired) electrons. The quantitative estimate of drug-likeness (QED) is 0.867. The SMILES string of the molecule is CCSCc1noc([C@H](N)Cc2ccccc2)n1. The first-order chi connectivity index (χ1) is 8.79. The summed E-state index contributed by atoms with van der Waals surface area (Å²) in [5.74, 6) is 3.06. The fourth-order valence-electron chi connectivity index (χ4n) is 1.63. The Morgan fingerprint density at radius 2 is 2.11 bits per heavy atom. The van der Waals surface area contributed by atoms with Crippen LogP contribution >= 0.6 is 11.8 Å². The maximum absolute atomic E-state index is 6.07. The second-order valence-corrected chi connectivity index (χ2v) is 5.26. The lowest BCUT2D eigenvalue weighted by Crippen LogP contribution is -2.13. The summed E-state index contributed by atoms with van der Waals surface area (Å²) in [6.45, 7) is 2.10. The second-order valence-electron chi connectivity index (χ2n) is 3.98. The van der Waals surface area contributed by atoms with E-state index in [1.54, 1.807) is 11.8 Å². The van der Waals surface area contributed by atoms with Crippen molar-refractivity contribution < 1.29 is 4.52 Å². The van der Waals surface area contributed by atoms with Crippen LogP contribution in [-0.4, -0.2) is 15.9 Å². The van der Waals surface area contributed by atoms with Gasteiger partial charge in [-0.2, -0.15) is 16.7 Å². The molecule has 96 valence electrons. The van der Waals surface area contributed by atoms with Gasteiger partial charge in [0.1, 0.15) is 0 Å². The van der Waals surface area contributed by atoms with Gasteiger partial charge in [0.05, 0.1) is 11.8 Å². The highest BCUT2D eigenvalue weighted by Gasteiger charge is 2.15. The van der Waals surface area contributed by atoms with Gasteiger partial charge in [0.25, 0.3) is 0 Å². The van der Waals surface area contributed by atoms with Crippen LogP contribution in [0.1, 0.15) is 30.2 Å². The number of nitrogens with zero attached hydrogens (tertiary/aromatic N) is 2. The van der Waals surface area contributed by atoms with Crippen molar-refractivity contribution in [1.29, 1.82) is 0 Å². The molecular weight excluding hydrogens is 246 g/mol. The first-order valence-corrected chi connectivity index (χ1v) is 7.14. The van der Waals surface area contributed by atoms with Gasteiger partial charge in [0.2, 0.25) is 5.89 Å². The molecule has 5 heteroatoms. The van der Waals surface area contributed by atoms with Crippen molar-refractivity contribution in [2.24, 2.45) is 5.73 Å². The van der Waals surface area contributed by atoms with Crippen LogP contribution in [0.4, 0.5) is 0 Å². The second kappa shape index (κ2) is 6.56. The Bertz CT molecular complexity index is 472. The molecule has 0 bridgehead atoms. The minimum Gasteiger partial charge on any atom is -0.338 e. The van der Waals surface area contributed by atoms with E-state index in [0.717, 1.165) is 17.3 Å². The Morgan fingerprint density at radius 1 is 1.33 bits per heavy atom. The predicted octanol–water partition coefficient (Wildman–Crippen LogP) is 2.57. The van der Waals surface area contributed by atoms with Gasteiger partial charge in [-0.05, 0) is 17.7 Å². The van der Waals surface area contributed by atoms with E-state index in [0.29, 0.717) is 12.3 Å². The molecular formula is C13H17N3OS. The van der Waals surface area contributed by atoms with E-state index >= 15 is 0 Å². The van der Waals surface area contributed by atoms with Gasteiger partial charge in [0, 0.05) is 0 Å². The van der Waals surface area contributed by atoms with Gasteiger partial charge >= 0.3 is 0 Å². The van der Waals surface area contributed by atoms with Crippen LogP contribution in [0, 0.1) is 0 Å². The van der Waals surface area contributed by atoms with Crippen molar-refractivity contribution in [1.82, 2.24) is 10.1 Å². The maximum Gasteiger partial charge on any atom is 0.243 e. The Labute approximate surface area is 111 Å². The molecule has 0 aliphatic heterocycles. The third-order valence-electron chi connectivity index (χ3n) is 2.53. The molecule has 1 heterocycles. The van der Waals surface area contributed by atoms with Crippen molar-refractivity contribution in [2.75, 3.05) is 5.75 Å². The minimum atomic E-state index is -0.236. The zero-order chi connectivity index (χ0) is 12.8. The normalized spacial score (nSPS) is 12.6. The van der Waals surface area contributed by atoms with Crippen LogP contribution in [-0.2, 0) is 12.2 Å². The lowest BCUT2D eigenvalue weighted by atomic mass is 10.1. The van der Waals surface area contributed by atoms with Crippen molar-refractivity contribution in [3.63, 3.8) is 0 Å². The topological polar surface area (TPSA) is 64.9 Å². The van der Waals surface area contributed by atoms with E-state index in [2.05, 4.69) is 17.1 Å². The van der Waals surface area contributed by atoms with E-state index < -0.39 is 0 Å². The number of hydrogen-bond acceptors (Lipinski definition) is 5. The van der Waals surface area contributed by atoms with Crippen LogP contribution < -0.4 is 5.73 Å². The van der Waals surface area contributed by atoms with Gasteiger partial charge in [-0.25, -0.2) is 0 Å². The van der Waals surface area contributed by atoms with Crippen LogP contribution in [0.15, 0.2) is 34.9 Å². The van der Waals surface area contributed by atoms with E-state index in [9.17, 15) is 0 Å². The maximum atomic E-state index is 6.07. The van der Waals surface area contributed by atoms with Gasteiger partial charge in [-0.1, -0.05) is 42.4 Å². The number of hydrogen-bond donors (Lipinski definition) is 1. The molecule has 1 atom stereocenters. The Morgan fingerprint density at radius 3 is 2.83 bits per heavy atom. The van der Waals surface area contributed by atoms with Crippen molar-refractivity contribution >= 4 is 11.8 Å². The summed E-state index contributed by atoms with van der Waals surface area (Å²) >= 11 is 1.76. The summed E-state index contributed by atoms with van der Waals surface area (Å²) in [7, 11) is 0. The Hall–Kier alpha value is -1.33. The van der Waals surface area contributed by atoms with Crippen LogP contribution in [0.2, 0.25) is 0 Å². The van der Waals surface area contributed by atoms with Gasteiger partial charge in [-0.15, -0.1) is 0 Å². The number of benzene rings is 1. The van der Waals surface area contributed by atoms with Gasteiger partial charge in [0.15, 0.2) is 5.82 Å². The average Bonchev–Trinajstić information content (AvgIpc) is 2.86. The third kappa shape index (κ3) is 3.58. The number of rotatable bonds is 6. The highest BCUT2D eigenvalue weighted by Crippen LogP contribution is 2.16. The molecule has 0 aliphatic rings. The summed E-state index contributed by atoms with van der Waals surface area (Å²) in [5.41, 5.74) is 7.24. The number of aromatic nitrogens is 2. The van der Waals surface area contributed by atoms with Crippen LogP contribution in [0.3, 0.4) is 0 Å².